The molecule has 0 aromatic rings. The Balaban J connectivity index is 1.95. The Morgan fingerprint density at radius 1 is 1.46 bits per heavy atom. The minimum atomic E-state index is -0.787. The number of nitrogens with one attached hydrogen (secondary N) is 1. The molecule has 4 nitrogen and oxygen atoms in total. The first-order valence-corrected chi connectivity index (χ1v) is 4.79. The number of carboxylic acids is 1. The lowest BCUT2D eigenvalue weighted by atomic mass is 9.99. The van der Waals surface area contributed by atoms with Crippen molar-refractivity contribution in [1.82, 2.24) is 5.32 Å². The van der Waals surface area contributed by atoms with Crippen molar-refractivity contribution in [2.45, 2.75) is 19.3 Å². The molecule has 0 spiro atoms. The first kappa shape index (κ1) is 10.5. The van der Waals surface area contributed by atoms with Crippen LogP contribution in [-0.2, 0) is 9.53 Å². The molecule has 0 saturated carbocycles. The smallest absolute Gasteiger partial charge is 0.305 e. The summed E-state index contributed by atoms with van der Waals surface area (Å²) in [6.45, 7) is 3.19. The van der Waals surface area contributed by atoms with Gasteiger partial charge in [-0.2, -0.15) is 0 Å². The number of aliphatic carboxylic acids is 1. The van der Waals surface area contributed by atoms with E-state index in [4.69, 9.17) is 9.84 Å². The van der Waals surface area contributed by atoms with Gasteiger partial charge in [0, 0.05) is 6.61 Å². The van der Waals surface area contributed by atoms with Gasteiger partial charge in [0.05, 0.1) is 13.0 Å². The van der Waals surface area contributed by atoms with E-state index in [-0.39, 0.29) is 6.42 Å². The standard InChI is InChI=1S/C9H17NO3/c11-9(12)3-6-13-7-8-1-4-10-5-2-8/h8,10H,1-7H2,(H,11,12). The van der Waals surface area contributed by atoms with E-state index in [9.17, 15) is 4.79 Å². The second-order valence-electron chi connectivity index (χ2n) is 3.41. The van der Waals surface area contributed by atoms with Gasteiger partial charge in [-0.25, -0.2) is 0 Å². The first-order valence-electron chi connectivity index (χ1n) is 4.79. The van der Waals surface area contributed by atoms with Gasteiger partial charge < -0.3 is 15.2 Å². The number of ether oxygens (including phenoxy) is 1. The largest absolute Gasteiger partial charge is 0.481 e. The van der Waals surface area contributed by atoms with E-state index < -0.39 is 5.97 Å². The monoisotopic (exact) mass is 187 g/mol. The van der Waals surface area contributed by atoms with Gasteiger partial charge in [0.25, 0.3) is 0 Å². The normalized spacial score (nSPS) is 18.8. The van der Waals surface area contributed by atoms with E-state index in [0.717, 1.165) is 32.5 Å². The maximum absolute atomic E-state index is 10.2. The fourth-order valence-corrected chi connectivity index (χ4v) is 1.46. The highest BCUT2D eigenvalue weighted by molar-refractivity contribution is 5.66. The molecule has 0 aromatic carbocycles. The van der Waals surface area contributed by atoms with Crippen LogP contribution < -0.4 is 5.32 Å². The number of carboxylic acid groups (broad SMARTS) is 1. The van der Waals surface area contributed by atoms with Crippen LogP contribution in [0.3, 0.4) is 0 Å². The topological polar surface area (TPSA) is 58.6 Å². The van der Waals surface area contributed by atoms with Crippen LogP contribution in [0.2, 0.25) is 0 Å². The Kier molecular flexibility index (Phi) is 4.78. The van der Waals surface area contributed by atoms with Crippen molar-refractivity contribution in [2.24, 2.45) is 5.92 Å². The maximum Gasteiger partial charge on any atom is 0.305 e. The van der Waals surface area contributed by atoms with Gasteiger partial charge in [0.2, 0.25) is 0 Å². The predicted octanol–water partition coefficient (Wildman–Crippen LogP) is 0.477. The summed E-state index contributed by atoms with van der Waals surface area (Å²) >= 11 is 0. The van der Waals surface area contributed by atoms with Crippen LogP contribution in [0.1, 0.15) is 19.3 Å². The Morgan fingerprint density at radius 2 is 2.15 bits per heavy atom. The summed E-state index contributed by atoms with van der Waals surface area (Å²) in [4.78, 5) is 10.2. The molecule has 2 N–H and O–H groups in total. The summed E-state index contributed by atoms with van der Waals surface area (Å²) in [6, 6.07) is 0. The summed E-state index contributed by atoms with van der Waals surface area (Å²) in [5.41, 5.74) is 0. The summed E-state index contributed by atoms with van der Waals surface area (Å²) in [5.74, 6) is -0.166. The second-order valence-corrected chi connectivity index (χ2v) is 3.41. The molecule has 1 aliphatic heterocycles. The lowest BCUT2D eigenvalue weighted by Crippen LogP contribution is -2.30. The fourth-order valence-electron chi connectivity index (χ4n) is 1.46. The van der Waals surface area contributed by atoms with Crippen molar-refractivity contribution in [3.05, 3.63) is 0 Å². The zero-order valence-electron chi connectivity index (χ0n) is 7.79. The van der Waals surface area contributed by atoms with Crippen molar-refractivity contribution >= 4 is 5.97 Å². The highest BCUT2D eigenvalue weighted by Crippen LogP contribution is 2.11. The van der Waals surface area contributed by atoms with Gasteiger partial charge in [0.1, 0.15) is 0 Å². The van der Waals surface area contributed by atoms with Crippen LogP contribution in [0, 0.1) is 5.92 Å². The van der Waals surface area contributed by atoms with Crippen LogP contribution in [0.4, 0.5) is 0 Å². The molecule has 0 aliphatic carbocycles. The highest BCUT2D eigenvalue weighted by atomic mass is 16.5. The van der Waals surface area contributed by atoms with Gasteiger partial charge in [-0.1, -0.05) is 0 Å². The number of piperidine rings is 1. The highest BCUT2D eigenvalue weighted by Gasteiger charge is 2.12. The quantitative estimate of drug-likeness (QED) is 0.614. The molecule has 13 heavy (non-hydrogen) atoms. The average molecular weight is 187 g/mol. The number of hydrogen-bond donors (Lipinski definition) is 2. The van der Waals surface area contributed by atoms with E-state index >= 15 is 0 Å². The zero-order valence-corrected chi connectivity index (χ0v) is 7.79. The van der Waals surface area contributed by atoms with Crippen molar-refractivity contribution in [3.63, 3.8) is 0 Å². The Hall–Kier alpha value is -0.610. The van der Waals surface area contributed by atoms with Crippen LogP contribution in [0.5, 0.6) is 0 Å². The molecule has 1 fully saturated rings. The zero-order chi connectivity index (χ0) is 9.52. The molecule has 0 bridgehead atoms. The molecule has 1 aliphatic rings. The molecule has 0 radical (unpaired) electrons. The molecule has 1 rings (SSSR count). The summed E-state index contributed by atoms with van der Waals surface area (Å²) in [5, 5.41) is 11.6. The summed E-state index contributed by atoms with van der Waals surface area (Å²) < 4.78 is 5.28. The molecule has 0 amide bonds. The maximum atomic E-state index is 10.2. The second kappa shape index (κ2) is 5.94. The molecule has 0 aromatic heterocycles. The van der Waals surface area contributed by atoms with Crippen molar-refractivity contribution < 1.29 is 14.6 Å². The van der Waals surface area contributed by atoms with Gasteiger partial charge in [-0.05, 0) is 31.8 Å². The van der Waals surface area contributed by atoms with Crippen molar-refractivity contribution in [2.75, 3.05) is 26.3 Å². The molecule has 1 heterocycles. The summed E-state index contributed by atoms with van der Waals surface area (Å²) in [7, 11) is 0. The van der Waals surface area contributed by atoms with E-state index in [1.54, 1.807) is 0 Å². The van der Waals surface area contributed by atoms with Crippen molar-refractivity contribution in [1.29, 1.82) is 0 Å². The first-order chi connectivity index (χ1) is 6.29. The fraction of sp³-hybridized carbons (Fsp3) is 0.889. The Labute approximate surface area is 78.3 Å². The molecular weight excluding hydrogens is 170 g/mol. The molecule has 76 valence electrons. The number of carbonyl (C=O) groups is 1. The number of rotatable bonds is 5. The Morgan fingerprint density at radius 3 is 2.77 bits per heavy atom. The lowest BCUT2D eigenvalue weighted by molar-refractivity contribution is -0.138. The number of hydrogen-bond acceptors (Lipinski definition) is 3. The van der Waals surface area contributed by atoms with Gasteiger partial charge in [0.15, 0.2) is 0 Å². The molecule has 1 saturated heterocycles. The van der Waals surface area contributed by atoms with Crippen LogP contribution >= 0.6 is 0 Å². The summed E-state index contributed by atoms with van der Waals surface area (Å²) in [6.07, 6.45) is 2.41. The Bertz CT molecular complexity index is 155. The van der Waals surface area contributed by atoms with E-state index in [1.165, 1.54) is 0 Å². The van der Waals surface area contributed by atoms with E-state index in [0.29, 0.717) is 12.5 Å². The van der Waals surface area contributed by atoms with Gasteiger partial charge in [-0.3, -0.25) is 4.79 Å². The molecule has 4 heteroatoms. The van der Waals surface area contributed by atoms with Crippen LogP contribution in [0.25, 0.3) is 0 Å². The minimum absolute atomic E-state index is 0.116. The van der Waals surface area contributed by atoms with Crippen molar-refractivity contribution in [3.8, 4) is 0 Å². The van der Waals surface area contributed by atoms with Crippen LogP contribution in [-0.4, -0.2) is 37.4 Å². The van der Waals surface area contributed by atoms with Crippen LogP contribution in [0.15, 0.2) is 0 Å². The molecule has 0 atom stereocenters. The van der Waals surface area contributed by atoms with Gasteiger partial charge in [-0.15, -0.1) is 0 Å². The third-order valence-corrected chi connectivity index (χ3v) is 2.27. The molecular formula is C9H17NO3. The molecule has 0 unspecified atom stereocenters. The average Bonchev–Trinajstić information content (AvgIpc) is 2.14. The third kappa shape index (κ3) is 4.85. The minimum Gasteiger partial charge on any atom is -0.481 e. The van der Waals surface area contributed by atoms with Gasteiger partial charge >= 0.3 is 5.97 Å². The van der Waals surface area contributed by atoms with E-state index in [2.05, 4.69) is 5.32 Å². The third-order valence-electron chi connectivity index (χ3n) is 2.27. The van der Waals surface area contributed by atoms with E-state index in [1.807, 2.05) is 0 Å². The lowest BCUT2D eigenvalue weighted by Gasteiger charge is -2.22. The SMILES string of the molecule is O=C(O)CCOCC1CCNCC1. The predicted molar refractivity (Wildman–Crippen MR) is 48.7 cm³/mol.